The summed E-state index contributed by atoms with van der Waals surface area (Å²) >= 11 is 0. The molecule has 0 spiro atoms. The summed E-state index contributed by atoms with van der Waals surface area (Å²) in [5.74, 6) is -1.64. The van der Waals surface area contributed by atoms with Crippen LogP contribution in [0.5, 0.6) is 0 Å². The average molecular weight is 582 g/mol. The van der Waals surface area contributed by atoms with E-state index in [0.717, 1.165) is 17.2 Å². The van der Waals surface area contributed by atoms with Crippen LogP contribution in [0.4, 0.5) is 4.79 Å². The van der Waals surface area contributed by atoms with E-state index in [4.69, 9.17) is 9.47 Å². The fraction of sp³-hybridized carbons (Fsp3) is 0.571. The molecule has 0 bridgehead atoms. The minimum atomic E-state index is -3.39. The summed E-state index contributed by atoms with van der Waals surface area (Å²) < 4.78 is 33.6. The number of sulfone groups is 1. The number of esters is 1. The number of alkyl carbamates (subject to hydrolysis) is 1. The summed E-state index contributed by atoms with van der Waals surface area (Å²) in [6.45, 7) is 10.4. The van der Waals surface area contributed by atoms with Crippen LogP contribution in [0.2, 0.25) is 0 Å². The van der Waals surface area contributed by atoms with Crippen LogP contribution in [0, 0.1) is 5.92 Å². The Morgan fingerprint density at radius 1 is 0.950 bits per heavy atom. The van der Waals surface area contributed by atoms with Crippen molar-refractivity contribution in [3.8, 4) is 0 Å². The molecule has 0 aromatic heterocycles. The minimum Gasteiger partial charge on any atom is -0.460 e. The van der Waals surface area contributed by atoms with E-state index in [1.165, 1.54) is 13.0 Å². The summed E-state index contributed by atoms with van der Waals surface area (Å²) in [5, 5.41) is 8.77. The van der Waals surface area contributed by atoms with Crippen molar-refractivity contribution < 1.29 is 37.1 Å². The van der Waals surface area contributed by atoms with Crippen LogP contribution in [0.1, 0.15) is 66.4 Å². The number of nitrogens with one attached hydrogen (secondary N) is 3. The van der Waals surface area contributed by atoms with Gasteiger partial charge >= 0.3 is 12.1 Å². The highest BCUT2D eigenvalue weighted by Crippen LogP contribution is 2.11. The Morgan fingerprint density at radius 2 is 1.57 bits per heavy atom. The van der Waals surface area contributed by atoms with Crippen LogP contribution in [-0.2, 0) is 40.3 Å². The van der Waals surface area contributed by atoms with E-state index in [9.17, 15) is 27.6 Å². The normalized spacial score (nSPS) is 14.2. The maximum absolute atomic E-state index is 13.1. The van der Waals surface area contributed by atoms with Gasteiger partial charge in [0, 0.05) is 24.1 Å². The number of carbonyl (C=O) groups excluding carboxylic acids is 4. The molecule has 3 amide bonds. The molecule has 1 aromatic rings. The Morgan fingerprint density at radius 3 is 2.12 bits per heavy atom. The van der Waals surface area contributed by atoms with Crippen molar-refractivity contribution in [2.24, 2.45) is 5.92 Å². The predicted molar refractivity (Wildman–Crippen MR) is 152 cm³/mol. The van der Waals surface area contributed by atoms with Crippen LogP contribution in [0.15, 0.2) is 41.8 Å². The third-order valence-corrected chi connectivity index (χ3v) is 5.89. The molecule has 11 nitrogen and oxygen atoms in total. The SMILES string of the molecule is CC(C)C[C@@H](/C=C/S(C)(=O)=O)NC(=O)[C@H](C)NC(=O)[C@H](CCC(=O)OC(C)(C)C)NC(=O)OCc1ccccc1. The molecule has 12 heteroatoms. The molecule has 0 aliphatic carbocycles. The molecule has 0 aliphatic rings. The van der Waals surface area contributed by atoms with Gasteiger partial charge in [-0.05, 0) is 52.0 Å². The van der Waals surface area contributed by atoms with Crippen molar-refractivity contribution in [1.82, 2.24) is 16.0 Å². The molecule has 0 radical (unpaired) electrons. The summed E-state index contributed by atoms with van der Waals surface area (Å²) in [5.41, 5.74) is 0.0280. The van der Waals surface area contributed by atoms with Crippen LogP contribution < -0.4 is 16.0 Å². The largest absolute Gasteiger partial charge is 0.460 e. The van der Waals surface area contributed by atoms with Crippen LogP contribution in [0.3, 0.4) is 0 Å². The summed E-state index contributed by atoms with van der Waals surface area (Å²) in [6, 6.07) is 6.17. The van der Waals surface area contributed by atoms with E-state index < -0.39 is 57.4 Å². The van der Waals surface area contributed by atoms with Crippen molar-refractivity contribution in [3.05, 3.63) is 47.4 Å². The molecule has 0 saturated carbocycles. The van der Waals surface area contributed by atoms with E-state index in [2.05, 4.69) is 16.0 Å². The lowest BCUT2D eigenvalue weighted by Crippen LogP contribution is -2.54. The zero-order valence-corrected chi connectivity index (χ0v) is 25.2. The molecule has 3 N–H and O–H groups in total. The van der Waals surface area contributed by atoms with Crippen LogP contribution in [-0.4, -0.2) is 62.3 Å². The average Bonchev–Trinajstić information content (AvgIpc) is 2.82. The number of rotatable bonds is 14. The number of hydrogen-bond acceptors (Lipinski definition) is 8. The molecule has 0 fully saturated rings. The predicted octanol–water partition coefficient (Wildman–Crippen LogP) is 3.00. The lowest BCUT2D eigenvalue weighted by atomic mass is 10.0. The molecule has 0 heterocycles. The van der Waals surface area contributed by atoms with E-state index in [-0.39, 0.29) is 25.4 Å². The number of benzene rings is 1. The Kier molecular flexibility index (Phi) is 13.8. The highest BCUT2D eigenvalue weighted by Gasteiger charge is 2.27. The van der Waals surface area contributed by atoms with Crippen molar-refractivity contribution in [3.63, 3.8) is 0 Å². The summed E-state index contributed by atoms with van der Waals surface area (Å²) in [6.07, 6.45) is 1.80. The number of amides is 3. The first-order valence-electron chi connectivity index (χ1n) is 13.1. The van der Waals surface area contributed by atoms with E-state index in [1.54, 1.807) is 45.0 Å². The highest BCUT2D eigenvalue weighted by molar-refractivity contribution is 7.93. The van der Waals surface area contributed by atoms with Gasteiger partial charge in [0.2, 0.25) is 11.8 Å². The molecule has 40 heavy (non-hydrogen) atoms. The number of hydrogen-bond donors (Lipinski definition) is 3. The summed E-state index contributed by atoms with van der Waals surface area (Å²) in [4.78, 5) is 50.6. The molecule has 0 unspecified atom stereocenters. The van der Waals surface area contributed by atoms with Gasteiger partial charge in [-0.15, -0.1) is 0 Å². The van der Waals surface area contributed by atoms with Crippen LogP contribution >= 0.6 is 0 Å². The molecular formula is C28H43N3O8S. The Hall–Kier alpha value is -3.41. The van der Waals surface area contributed by atoms with Gasteiger partial charge in [-0.2, -0.15) is 0 Å². The second-order valence-electron chi connectivity index (χ2n) is 11.0. The number of ether oxygens (including phenoxy) is 2. The van der Waals surface area contributed by atoms with Crippen molar-refractivity contribution in [2.75, 3.05) is 6.26 Å². The fourth-order valence-corrected chi connectivity index (χ4v) is 3.92. The van der Waals surface area contributed by atoms with Gasteiger partial charge in [0.1, 0.15) is 24.3 Å². The second-order valence-corrected chi connectivity index (χ2v) is 12.9. The first-order chi connectivity index (χ1) is 18.4. The first-order valence-corrected chi connectivity index (χ1v) is 15.1. The van der Waals surface area contributed by atoms with Gasteiger partial charge in [-0.25, -0.2) is 13.2 Å². The van der Waals surface area contributed by atoms with E-state index in [1.807, 2.05) is 19.9 Å². The lowest BCUT2D eigenvalue weighted by molar-refractivity contribution is -0.155. The number of carbonyl (C=O) groups is 4. The maximum atomic E-state index is 13.1. The van der Waals surface area contributed by atoms with Gasteiger partial charge in [-0.3, -0.25) is 14.4 Å². The monoisotopic (exact) mass is 581 g/mol. The molecule has 0 saturated heterocycles. The molecule has 0 aliphatic heterocycles. The van der Waals surface area contributed by atoms with Gasteiger partial charge in [0.05, 0.1) is 0 Å². The lowest BCUT2D eigenvalue weighted by Gasteiger charge is -2.24. The smallest absolute Gasteiger partial charge is 0.408 e. The van der Waals surface area contributed by atoms with E-state index in [0.29, 0.717) is 6.42 Å². The third kappa shape index (κ3) is 15.9. The van der Waals surface area contributed by atoms with Crippen molar-refractivity contribution in [2.45, 2.75) is 91.1 Å². The molecule has 1 rings (SSSR count). The highest BCUT2D eigenvalue weighted by atomic mass is 32.2. The standard InChI is InChI=1S/C28H43N3O8S/c1-19(2)17-22(15-16-40(7,36)37)30-25(33)20(3)29-26(34)23(13-14-24(32)39-28(4,5)6)31-27(35)38-18-21-11-9-8-10-12-21/h8-12,15-16,19-20,22-23H,13-14,17-18H2,1-7H3,(H,29,34)(H,30,33)(H,31,35)/b16-15+/t20-,22+,23-/m0/s1. The minimum absolute atomic E-state index is 0.0237. The molecule has 1 aromatic carbocycles. The Balaban J connectivity index is 2.90. The van der Waals surface area contributed by atoms with Gasteiger partial charge in [0.15, 0.2) is 9.84 Å². The Labute approximate surface area is 237 Å². The maximum Gasteiger partial charge on any atom is 0.408 e. The first kappa shape index (κ1) is 34.6. The fourth-order valence-electron chi connectivity index (χ4n) is 3.45. The second kappa shape index (κ2) is 16.0. The van der Waals surface area contributed by atoms with Gasteiger partial charge < -0.3 is 25.4 Å². The summed E-state index contributed by atoms with van der Waals surface area (Å²) in [7, 11) is -3.39. The molecular weight excluding hydrogens is 538 g/mol. The molecule has 224 valence electrons. The Bertz CT molecular complexity index is 1130. The zero-order valence-electron chi connectivity index (χ0n) is 24.4. The van der Waals surface area contributed by atoms with Gasteiger partial charge in [0.25, 0.3) is 0 Å². The van der Waals surface area contributed by atoms with Crippen molar-refractivity contribution >= 4 is 33.7 Å². The van der Waals surface area contributed by atoms with Crippen molar-refractivity contribution in [1.29, 1.82) is 0 Å². The topological polar surface area (TPSA) is 157 Å². The van der Waals surface area contributed by atoms with E-state index >= 15 is 0 Å². The van der Waals surface area contributed by atoms with Crippen LogP contribution in [0.25, 0.3) is 0 Å². The van der Waals surface area contributed by atoms with Gasteiger partial charge in [-0.1, -0.05) is 50.3 Å². The molecule has 3 atom stereocenters. The third-order valence-electron chi connectivity index (χ3n) is 5.24. The quantitative estimate of drug-likeness (QED) is 0.283. The zero-order chi connectivity index (χ0) is 30.5.